The van der Waals surface area contributed by atoms with Crippen LogP contribution in [-0.2, 0) is 6.54 Å². The van der Waals surface area contributed by atoms with Gasteiger partial charge in [-0.25, -0.2) is 0 Å². The van der Waals surface area contributed by atoms with Gasteiger partial charge in [0.05, 0.1) is 0 Å². The second-order valence-corrected chi connectivity index (χ2v) is 5.18. The number of nitrogens with two attached hydrogens (primary N) is 1. The molecule has 0 aliphatic heterocycles. The summed E-state index contributed by atoms with van der Waals surface area (Å²) in [7, 11) is 5.73. The van der Waals surface area contributed by atoms with E-state index in [9.17, 15) is 4.79 Å². The highest BCUT2D eigenvalue weighted by molar-refractivity contribution is 6.05. The second-order valence-electron chi connectivity index (χ2n) is 5.18. The summed E-state index contributed by atoms with van der Waals surface area (Å²) in [6.07, 6.45) is 0. The van der Waals surface area contributed by atoms with Gasteiger partial charge >= 0.3 is 0 Å². The molecule has 4 nitrogen and oxygen atoms in total. The van der Waals surface area contributed by atoms with Gasteiger partial charge < -0.3 is 15.5 Å². The molecule has 0 aliphatic carbocycles. The van der Waals surface area contributed by atoms with Crippen molar-refractivity contribution in [3.05, 3.63) is 59.7 Å². The summed E-state index contributed by atoms with van der Waals surface area (Å²) in [6.45, 7) is 0.504. The monoisotopic (exact) mass is 283 g/mol. The molecule has 2 aromatic carbocycles. The van der Waals surface area contributed by atoms with Gasteiger partial charge in [0.2, 0.25) is 0 Å². The summed E-state index contributed by atoms with van der Waals surface area (Å²) in [6, 6.07) is 15.3. The van der Waals surface area contributed by atoms with Gasteiger partial charge in [-0.3, -0.25) is 4.79 Å². The van der Waals surface area contributed by atoms with Gasteiger partial charge in [0.25, 0.3) is 5.91 Å². The molecular formula is C17H21N3O. The number of anilines is 2. The SMILES string of the molecule is CN(C)c1ccc(C(=O)N(C)c2ccc(CN)cc2)cc1. The van der Waals surface area contributed by atoms with Crippen molar-refractivity contribution >= 4 is 17.3 Å². The van der Waals surface area contributed by atoms with Crippen LogP contribution < -0.4 is 15.5 Å². The Morgan fingerprint density at radius 1 is 0.905 bits per heavy atom. The fourth-order valence-electron chi connectivity index (χ4n) is 2.07. The number of rotatable bonds is 4. The molecule has 0 aromatic heterocycles. The smallest absolute Gasteiger partial charge is 0.258 e. The number of amides is 1. The minimum Gasteiger partial charge on any atom is -0.378 e. The first kappa shape index (κ1) is 15.1. The molecule has 0 aliphatic rings. The van der Waals surface area contributed by atoms with Crippen molar-refractivity contribution < 1.29 is 4.79 Å². The molecule has 0 heterocycles. The van der Waals surface area contributed by atoms with Crippen LogP contribution in [0.4, 0.5) is 11.4 Å². The van der Waals surface area contributed by atoms with Gasteiger partial charge in [0.15, 0.2) is 0 Å². The summed E-state index contributed by atoms with van der Waals surface area (Å²) in [5.74, 6) is -0.0270. The molecule has 0 spiro atoms. The summed E-state index contributed by atoms with van der Waals surface area (Å²) in [5, 5.41) is 0. The standard InChI is InChI=1S/C17H21N3O/c1-19(2)15-10-6-14(7-11-15)17(21)20(3)16-8-4-13(12-18)5-9-16/h4-11H,12,18H2,1-3H3. The quantitative estimate of drug-likeness (QED) is 0.938. The van der Waals surface area contributed by atoms with E-state index in [0.29, 0.717) is 12.1 Å². The van der Waals surface area contributed by atoms with Crippen molar-refractivity contribution in [1.82, 2.24) is 0 Å². The average molecular weight is 283 g/mol. The van der Waals surface area contributed by atoms with Crippen molar-refractivity contribution in [2.75, 3.05) is 30.9 Å². The number of nitrogens with zero attached hydrogens (tertiary/aromatic N) is 2. The summed E-state index contributed by atoms with van der Waals surface area (Å²) >= 11 is 0. The van der Waals surface area contributed by atoms with E-state index in [-0.39, 0.29) is 5.91 Å². The minimum atomic E-state index is -0.0270. The fraction of sp³-hybridized carbons (Fsp3) is 0.235. The highest BCUT2D eigenvalue weighted by Crippen LogP contribution is 2.18. The third kappa shape index (κ3) is 3.41. The first-order chi connectivity index (χ1) is 10.0. The number of benzene rings is 2. The Balaban J connectivity index is 2.17. The molecule has 0 radical (unpaired) electrons. The van der Waals surface area contributed by atoms with Crippen LogP contribution in [-0.4, -0.2) is 27.1 Å². The molecule has 2 N–H and O–H groups in total. The van der Waals surface area contributed by atoms with Crippen LogP contribution in [0.1, 0.15) is 15.9 Å². The number of hydrogen-bond donors (Lipinski definition) is 1. The van der Waals surface area contributed by atoms with E-state index >= 15 is 0 Å². The Morgan fingerprint density at radius 3 is 1.90 bits per heavy atom. The molecule has 2 rings (SSSR count). The molecule has 4 heteroatoms. The number of hydrogen-bond acceptors (Lipinski definition) is 3. The molecule has 0 saturated heterocycles. The first-order valence-electron chi connectivity index (χ1n) is 6.87. The lowest BCUT2D eigenvalue weighted by atomic mass is 10.1. The summed E-state index contributed by atoms with van der Waals surface area (Å²) in [5.41, 5.74) is 9.23. The Bertz CT molecular complexity index is 603. The molecule has 1 amide bonds. The molecule has 21 heavy (non-hydrogen) atoms. The van der Waals surface area contributed by atoms with Crippen molar-refractivity contribution in [1.29, 1.82) is 0 Å². The lowest BCUT2D eigenvalue weighted by molar-refractivity contribution is 0.0993. The van der Waals surface area contributed by atoms with E-state index in [0.717, 1.165) is 16.9 Å². The van der Waals surface area contributed by atoms with E-state index in [2.05, 4.69) is 0 Å². The third-order valence-electron chi connectivity index (χ3n) is 3.49. The number of carbonyl (C=O) groups excluding carboxylic acids is 1. The Labute approximate surface area is 125 Å². The van der Waals surface area contributed by atoms with Crippen molar-refractivity contribution in [2.45, 2.75) is 6.54 Å². The zero-order valence-electron chi connectivity index (χ0n) is 12.7. The van der Waals surface area contributed by atoms with Gasteiger partial charge in [-0.2, -0.15) is 0 Å². The van der Waals surface area contributed by atoms with Crippen molar-refractivity contribution in [3.63, 3.8) is 0 Å². The second kappa shape index (κ2) is 6.41. The molecule has 0 unspecified atom stereocenters. The molecule has 0 bridgehead atoms. The zero-order chi connectivity index (χ0) is 15.4. The number of carbonyl (C=O) groups is 1. The highest BCUT2D eigenvalue weighted by atomic mass is 16.2. The van der Waals surface area contributed by atoms with E-state index in [1.807, 2.05) is 67.5 Å². The van der Waals surface area contributed by atoms with Gasteiger partial charge in [0.1, 0.15) is 0 Å². The van der Waals surface area contributed by atoms with Crippen LogP contribution in [0, 0.1) is 0 Å². The maximum atomic E-state index is 12.5. The van der Waals surface area contributed by atoms with Crippen LogP contribution in [0.15, 0.2) is 48.5 Å². The zero-order valence-corrected chi connectivity index (χ0v) is 12.7. The molecule has 2 aromatic rings. The third-order valence-corrected chi connectivity index (χ3v) is 3.49. The molecule has 0 atom stereocenters. The van der Waals surface area contributed by atoms with Gasteiger partial charge in [0, 0.05) is 44.6 Å². The summed E-state index contributed by atoms with van der Waals surface area (Å²) < 4.78 is 0. The highest BCUT2D eigenvalue weighted by Gasteiger charge is 2.13. The van der Waals surface area contributed by atoms with Crippen LogP contribution in [0.5, 0.6) is 0 Å². The fourth-order valence-corrected chi connectivity index (χ4v) is 2.07. The largest absolute Gasteiger partial charge is 0.378 e. The van der Waals surface area contributed by atoms with Crippen LogP contribution in [0.25, 0.3) is 0 Å². The van der Waals surface area contributed by atoms with Crippen molar-refractivity contribution in [2.24, 2.45) is 5.73 Å². The first-order valence-corrected chi connectivity index (χ1v) is 6.87. The molecule has 0 fully saturated rings. The molecule has 0 saturated carbocycles. The van der Waals surface area contributed by atoms with E-state index in [4.69, 9.17) is 5.73 Å². The van der Waals surface area contributed by atoms with E-state index in [1.54, 1.807) is 11.9 Å². The molecule has 110 valence electrons. The Morgan fingerprint density at radius 2 is 1.43 bits per heavy atom. The Hall–Kier alpha value is -2.33. The lowest BCUT2D eigenvalue weighted by Crippen LogP contribution is -2.26. The Kier molecular flexibility index (Phi) is 4.60. The van der Waals surface area contributed by atoms with Crippen LogP contribution >= 0.6 is 0 Å². The van der Waals surface area contributed by atoms with Gasteiger partial charge in [-0.1, -0.05) is 12.1 Å². The maximum Gasteiger partial charge on any atom is 0.258 e. The van der Waals surface area contributed by atoms with Gasteiger partial charge in [-0.05, 0) is 42.0 Å². The normalized spacial score (nSPS) is 10.3. The summed E-state index contributed by atoms with van der Waals surface area (Å²) in [4.78, 5) is 16.1. The van der Waals surface area contributed by atoms with Crippen LogP contribution in [0.2, 0.25) is 0 Å². The van der Waals surface area contributed by atoms with Crippen molar-refractivity contribution in [3.8, 4) is 0 Å². The average Bonchev–Trinajstić information content (AvgIpc) is 2.53. The topological polar surface area (TPSA) is 49.6 Å². The van der Waals surface area contributed by atoms with E-state index < -0.39 is 0 Å². The predicted octanol–water partition coefficient (Wildman–Crippen LogP) is 2.49. The lowest BCUT2D eigenvalue weighted by Gasteiger charge is -2.18. The predicted molar refractivity (Wildman–Crippen MR) is 87.8 cm³/mol. The van der Waals surface area contributed by atoms with Crippen LogP contribution in [0.3, 0.4) is 0 Å². The van der Waals surface area contributed by atoms with Gasteiger partial charge in [-0.15, -0.1) is 0 Å². The minimum absolute atomic E-state index is 0.0270. The molecular weight excluding hydrogens is 262 g/mol. The van der Waals surface area contributed by atoms with E-state index in [1.165, 1.54) is 0 Å². The maximum absolute atomic E-state index is 12.5.